The van der Waals surface area contributed by atoms with E-state index in [1.165, 1.54) is 12.1 Å². The number of benzene rings is 8. The van der Waals surface area contributed by atoms with E-state index in [9.17, 15) is 5.26 Å². The largest absolute Gasteiger partial charge is 0.417 e. The molecule has 0 aliphatic heterocycles. The lowest BCUT2D eigenvalue weighted by Crippen LogP contribution is -2.15. The van der Waals surface area contributed by atoms with Crippen LogP contribution in [0.2, 0.25) is 0 Å². The molecular formula is C55H37F6N3. The molecule has 0 unspecified atom stereocenters. The molecule has 0 aliphatic rings. The Morgan fingerprint density at radius 3 is 1.33 bits per heavy atom. The van der Waals surface area contributed by atoms with Gasteiger partial charge in [-0.15, -0.1) is 0 Å². The summed E-state index contributed by atoms with van der Waals surface area (Å²) in [5, 5.41) is 14.1. The fourth-order valence-electron chi connectivity index (χ4n) is 9.63. The van der Waals surface area contributed by atoms with Crippen molar-refractivity contribution in [2.24, 2.45) is 0 Å². The van der Waals surface area contributed by atoms with Crippen molar-refractivity contribution in [1.82, 2.24) is 9.13 Å². The zero-order chi connectivity index (χ0) is 44.8. The number of hydrogen-bond donors (Lipinski definition) is 0. The smallest absolute Gasteiger partial charge is 0.309 e. The third-order valence-corrected chi connectivity index (χ3v) is 12.4. The fourth-order valence-corrected chi connectivity index (χ4v) is 9.63. The van der Waals surface area contributed by atoms with Gasteiger partial charge in [-0.05, 0) is 122 Å². The summed E-state index contributed by atoms with van der Waals surface area (Å²) in [5.74, 6) is 0. The molecule has 2 aromatic heterocycles. The first-order chi connectivity index (χ1) is 30.6. The van der Waals surface area contributed by atoms with Crippen LogP contribution in [0.25, 0.3) is 88.4 Å². The quantitative estimate of drug-likeness (QED) is 0.159. The summed E-state index contributed by atoms with van der Waals surface area (Å²) in [6, 6.07) is 45.9. The molecule has 10 aromatic rings. The van der Waals surface area contributed by atoms with Crippen LogP contribution in [0.15, 0.2) is 152 Å². The molecule has 0 atom stereocenters. The van der Waals surface area contributed by atoms with Crippen LogP contribution >= 0.6 is 0 Å². The van der Waals surface area contributed by atoms with Gasteiger partial charge in [0.05, 0.1) is 50.1 Å². The average Bonchev–Trinajstić information content (AvgIpc) is 3.77. The third kappa shape index (κ3) is 6.52. The van der Waals surface area contributed by atoms with E-state index >= 15 is 26.3 Å². The van der Waals surface area contributed by atoms with E-state index in [4.69, 9.17) is 0 Å². The third-order valence-electron chi connectivity index (χ3n) is 12.4. The molecule has 314 valence electrons. The Labute approximate surface area is 364 Å². The highest BCUT2D eigenvalue weighted by Gasteiger charge is 2.42. The van der Waals surface area contributed by atoms with Crippen molar-refractivity contribution in [2.45, 2.75) is 40.0 Å². The molecular weight excluding hydrogens is 817 g/mol. The number of hydrogen-bond acceptors (Lipinski definition) is 1. The van der Waals surface area contributed by atoms with Gasteiger partial charge >= 0.3 is 12.4 Å². The van der Waals surface area contributed by atoms with Crippen molar-refractivity contribution in [1.29, 1.82) is 5.26 Å². The highest BCUT2D eigenvalue weighted by molar-refractivity contribution is 6.12. The summed E-state index contributed by atoms with van der Waals surface area (Å²) < 4.78 is 95.1. The Morgan fingerprint density at radius 2 is 0.875 bits per heavy atom. The molecule has 0 saturated heterocycles. The van der Waals surface area contributed by atoms with Crippen molar-refractivity contribution in [2.75, 3.05) is 0 Å². The van der Waals surface area contributed by atoms with Crippen LogP contribution in [0.4, 0.5) is 26.3 Å². The molecule has 0 N–H and O–H groups in total. The first kappa shape index (κ1) is 40.5. The zero-order valence-corrected chi connectivity index (χ0v) is 35.0. The fraction of sp³-hybridized carbons (Fsp3) is 0.109. The number of rotatable bonds is 5. The maximum atomic E-state index is 15.3. The Balaban J connectivity index is 1.33. The van der Waals surface area contributed by atoms with Gasteiger partial charge in [0, 0.05) is 32.7 Å². The van der Waals surface area contributed by atoms with Crippen LogP contribution in [0.1, 0.15) is 38.9 Å². The van der Waals surface area contributed by atoms with Gasteiger partial charge in [-0.2, -0.15) is 31.6 Å². The molecule has 9 heteroatoms. The Hall–Kier alpha value is -7.57. The number of alkyl halides is 6. The van der Waals surface area contributed by atoms with E-state index in [-0.39, 0.29) is 22.5 Å². The standard InChI is InChI=1S/C55H37F6N3/c1-31-16-20-38(33(3)24-31)35-18-22-49-42(26-35)40-10-5-7-14-47(40)63(49)51-29-44(53-45(54(56,57)58)12-9-13-46(53)55(59,60)61)52(28-37(51)30-62)64-48-15-8-6-11-41(48)43-27-36(19-23-50(43)64)39-21-17-32(2)25-34(39)4/h5-29H,1-4H3. The summed E-state index contributed by atoms with van der Waals surface area (Å²) in [6.07, 6.45) is -10.4. The summed E-state index contributed by atoms with van der Waals surface area (Å²) in [5.41, 5.74) is 6.44. The summed E-state index contributed by atoms with van der Waals surface area (Å²) in [7, 11) is 0. The minimum absolute atomic E-state index is 0.00846. The van der Waals surface area contributed by atoms with Crippen LogP contribution in [0.5, 0.6) is 0 Å². The average molecular weight is 854 g/mol. The van der Waals surface area contributed by atoms with Gasteiger partial charge in [-0.25, -0.2) is 0 Å². The summed E-state index contributed by atoms with van der Waals surface area (Å²) >= 11 is 0. The number of para-hydroxylation sites is 2. The maximum Gasteiger partial charge on any atom is 0.417 e. The lowest BCUT2D eigenvalue weighted by atomic mass is 9.90. The van der Waals surface area contributed by atoms with Gasteiger partial charge in [-0.3, -0.25) is 0 Å². The van der Waals surface area contributed by atoms with Crippen molar-refractivity contribution < 1.29 is 26.3 Å². The van der Waals surface area contributed by atoms with Crippen LogP contribution in [0, 0.1) is 39.0 Å². The van der Waals surface area contributed by atoms with Crippen molar-refractivity contribution >= 4 is 43.6 Å². The highest BCUT2D eigenvalue weighted by Crippen LogP contribution is 2.49. The van der Waals surface area contributed by atoms with Crippen molar-refractivity contribution in [3.8, 4) is 50.8 Å². The molecule has 0 fully saturated rings. The topological polar surface area (TPSA) is 33.6 Å². The second-order valence-electron chi connectivity index (χ2n) is 16.5. The molecule has 0 spiro atoms. The van der Waals surface area contributed by atoms with E-state index in [2.05, 4.69) is 24.3 Å². The zero-order valence-electron chi connectivity index (χ0n) is 35.0. The van der Waals surface area contributed by atoms with E-state index in [1.807, 2.05) is 119 Å². The molecule has 8 aromatic carbocycles. The van der Waals surface area contributed by atoms with Crippen LogP contribution in [-0.2, 0) is 12.4 Å². The van der Waals surface area contributed by atoms with E-state index in [0.29, 0.717) is 34.2 Å². The van der Waals surface area contributed by atoms with Crippen LogP contribution in [0.3, 0.4) is 0 Å². The van der Waals surface area contributed by atoms with Gasteiger partial charge < -0.3 is 9.13 Å². The van der Waals surface area contributed by atoms with Crippen LogP contribution in [-0.4, -0.2) is 9.13 Å². The molecule has 0 saturated carbocycles. The number of halogens is 6. The number of fused-ring (bicyclic) bond motifs is 6. The van der Waals surface area contributed by atoms with Crippen molar-refractivity contribution in [3.63, 3.8) is 0 Å². The predicted octanol–water partition coefficient (Wildman–Crippen LogP) is 16.0. The van der Waals surface area contributed by atoms with Gasteiger partial charge in [0.25, 0.3) is 0 Å². The lowest BCUT2D eigenvalue weighted by molar-refractivity contribution is -0.142. The molecule has 10 rings (SSSR count). The molecule has 0 aliphatic carbocycles. The molecule has 0 amide bonds. The first-order valence-corrected chi connectivity index (χ1v) is 20.7. The van der Waals surface area contributed by atoms with E-state index in [0.717, 1.165) is 72.1 Å². The Kier molecular flexibility index (Phi) is 9.35. The monoisotopic (exact) mass is 853 g/mol. The van der Waals surface area contributed by atoms with E-state index in [1.54, 1.807) is 21.3 Å². The van der Waals surface area contributed by atoms with Crippen LogP contribution < -0.4 is 0 Å². The SMILES string of the molecule is Cc1ccc(-c2ccc3c(c2)c2ccccc2n3-c2cc(-c3c(C(F)(F)F)cccc3C(F)(F)F)c(-n3c4ccccc4c4cc(-c5ccc(C)cc5C)ccc43)cc2C#N)c(C)c1. The molecule has 2 heterocycles. The first-order valence-electron chi connectivity index (χ1n) is 20.7. The maximum absolute atomic E-state index is 15.3. The summed E-state index contributed by atoms with van der Waals surface area (Å²) in [4.78, 5) is 0. The molecule has 64 heavy (non-hydrogen) atoms. The highest BCUT2D eigenvalue weighted by atomic mass is 19.4. The minimum Gasteiger partial charge on any atom is -0.309 e. The number of nitriles is 1. The van der Waals surface area contributed by atoms with Gasteiger partial charge in [-0.1, -0.05) is 102 Å². The number of aryl methyl sites for hydroxylation is 4. The van der Waals surface area contributed by atoms with Crippen molar-refractivity contribution in [3.05, 3.63) is 191 Å². The molecule has 0 radical (unpaired) electrons. The van der Waals surface area contributed by atoms with Gasteiger partial charge in [0.15, 0.2) is 0 Å². The number of nitrogens with zero attached hydrogens (tertiary/aromatic N) is 3. The van der Waals surface area contributed by atoms with Gasteiger partial charge in [0.1, 0.15) is 6.07 Å². The van der Waals surface area contributed by atoms with E-state index < -0.39 is 29.0 Å². The normalized spacial score (nSPS) is 12.2. The second-order valence-corrected chi connectivity index (χ2v) is 16.5. The van der Waals surface area contributed by atoms with Gasteiger partial charge in [0.2, 0.25) is 0 Å². The molecule has 3 nitrogen and oxygen atoms in total. The lowest BCUT2D eigenvalue weighted by Gasteiger charge is -2.24. The Morgan fingerprint density at radius 1 is 0.422 bits per heavy atom. The Bertz CT molecular complexity index is 3560. The predicted molar refractivity (Wildman–Crippen MR) is 245 cm³/mol. The summed E-state index contributed by atoms with van der Waals surface area (Å²) in [6.45, 7) is 8.09. The minimum atomic E-state index is -5.18. The molecule has 0 bridgehead atoms. The number of aromatic nitrogens is 2. The second kappa shape index (κ2) is 14.8.